The first-order valence-electron chi connectivity index (χ1n) is 10.6. The zero-order valence-corrected chi connectivity index (χ0v) is 17.3. The van der Waals surface area contributed by atoms with Crippen molar-refractivity contribution in [2.75, 3.05) is 11.9 Å². The van der Waals surface area contributed by atoms with E-state index in [1.54, 1.807) is 0 Å². The van der Waals surface area contributed by atoms with Crippen LogP contribution >= 0.6 is 11.3 Å². The Hall–Kier alpha value is -2.21. The average molecular weight is 410 g/mol. The van der Waals surface area contributed by atoms with Gasteiger partial charge in [0.25, 0.3) is 0 Å². The number of nitrogens with one attached hydrogen (secondary N) is 2. The van der Waals surface area contributed by atoms with Crippen molar-refractivity contribution in [1.29, 1.82) is 0 Å². The van der Waals surface area contributed by atoms with E-state index in [9.17, 15) is 9.59 Å². The Labute approximate surface area is 175 Å². The number of nitrogens with zero attached hydrogens (tertiary/aromatic N) is 1. The Balaban J connectivity index is 1.16. The molecule has 6 rings (SSSR count). The normalized spacial score (nSPS) is 29.6. The summed E-state index contributed by atoms with van der Waals surface area (Å²) in [6.45, 7) is -0.0298. The fourth-order valence-corrected chi connectivity index (χ4v) is 7.03. The molecule has 0 unspecified atom stereocenters. The van der Waals surface area contributed by atoms with Crippen LogP contribution in [0.2, 0.25) is 0 Å². The fraction of sp³-hybridized carbons (Fsp3) is 0.522. The Kier molecular flexibility index (Phi) is 4.90. The van der Waals surface area contributed by atoms with Crippen LogP contribution in [0.15, 0.2) is 35.7 Å². The summed E-state index contributed by atoms with van der Waals surface area (Å²) in [6.07, 6.45) is 8.32. The summed E-state index contributed by atoms with van der Waals surface area (Å²) in [4.78, 5) is 29.1. The van der Waals surface area contributed by atoms with E-state index >= 15 is 0 Å². The quantitative estimate of drug-likeness (QED) is 0.760. The molecule has 2 aromatic rings. The number of aromatic nitrogens is 1. The van der Waals surface area contributed by atoms with Gasteiger partial charge in [0.2, 0.25) is 11.8 Å². The van der Waals surface area contributed by atoms with Crippen LogP contribution in [-0.2, 0) is 21.4 Å². The van der Waals surface area contributed by atoms with Crippen molar-refractivity contribution in [3.63, 3.8) is 0 Å². The molecule has 4 bridgehead atoms. The molecule has 0 saturated heterocycles. The second-order valence-corrected chi connectivity index (χ2v) is 10.1. The van der Waals surface area contributed by atoms with Gasteiger partial charge in [-0.15, -0.1) is 11.3 Å². The summed E-state index contributed by atoms with van der Waals surface area (Å²) in [5.41, 5.74) is 2.37. The van der Waals surface area contributed by atoms with Crippen LogP contribution in [0, 0.1) is 17.8 Å². The highest BCUT2D eigenvalue weighted by atomic mass is 32.1. The number of carbonyl (C=O) groups is 2. The maximum atomic E-state index is 12.3. The number of anilines is 1. The predicted octanol–water partition coefficient (Wildman–Crippen LogP) is 3.91. The lowest BCUT2D eigenvalue weighted by Gasteiger charge is -2.56. The molecule has 0 atom stereocenters. The fourth-order valence-electron chi connectivity index (χ4n) is 6.19. The molecule has 4 saturated carbocycles. The second kappa shape index (κ2) is 7.56. The van der Waals surface area contributed by atoms with Crippen LogP contribution in [0.3, 0.4) is 0 Å². The van der Waals surface area contributed by atoms with E-state index in [1.165, 1.54) is 55.6 Å². The lowest BCUT2D eigenvalue weighted by Crippen LogP contribution is -2.48. The van der Waals surface area contributed by atoms with E-state index in [4.69, 9.17) is 4.98 Å². The number of amides is 2. The van der Waals surface area contributed by atoms with Crippen molar-refractivity contribution in [3.8, 4) is 0 Å². The van der Waals surface area contributed by atoms with Crippen molar-refractivity contribution in [3.05, 3.63) is 47.0 Å². The molecule has 6 heteroatoms. The molecule has 4 fully saturated rings. The summed E-state index contributed by atoms with van der Waals surface area (Å²) >= 11 is 1.51. The molecule has 4 aliphatic carbocycles. The van der Waals surface area contributed by atoms with Crippen LogP contribution in [0.1, 0.15) is 49.8 Å². The molecule has 2 amide bonds. The molecular formula is C23H27N3O2S. The number of benzene rings is 1. The van der Waals surface area contributed by atoms with E-state index in [0.717, 1.165) is 23.3 Å². The van der Waals surface area contributed by atoms with Crippen molar-refractivity contribution in [2.24, 2.45) is 17.8 Å². The molecule has 0 aliphatic heterocycles. The topological polar surface area (TPSA) is 71.1 Å². The van der Waals surface area contributed by atoms with Crippen LogP contribution in [-0.4, -0.2) is 23.3 Å². The minimum absolute atomic E-state index is 0.0298. The summed E-state index contributed by atoms with van der Waals surface area (Å²) in [7, 11) is 0. The minimum atomic E-state index is -0.224. The van der Waals surface area contributed by atoms with Crippen LogP contribution in [0.4, 0.5) is 5.13 Å². The first kappa shape index (κ1) is 18.8. The summed E-state index contributed by atoms with van der Waals surface area (Å²) in [6, 6.07) is 9.53. The standard InChI is InChI=1S/C23H27N3O2S/c27-20(9-15-4-2-1-3-5-15)24-13-21(28)26-22-25-19(14-29-22)23-10-16-6-17(11-23)8-18(7-16)12-23/h1-5,14,16-18H,6-13H2,(H,24,27)(H,25,26,28). The van der Waals surface area contributed by atoms with Gasteiger partial charge in [-0.2, -0.15) is 0 Å². The van der Waals surface area contributed by atoms with Gasteiger partial charge in [0, 0.05) is 10.8 Å². The Bertz CT molecular complexity index is 873. The van der Waals surface area contributed by atoms with Crippen LogP contribution < -0.4 is 10.6 Å². The zero-order valence-electron chi connectivity index (χ0n) is 16.5. The van der Waals surface area contributed by atoms with Gasteiger partial charge in [-0.25, -0.2) is 4.98 Å². The maximum Gasteiger partial charge on any atom is 0.245 e. The third-order valence-electron chi connectivity index (χ3n) is 6.99. The van der Waals surface area contributed by atoms with Gasteiger partial charge >= 0.3 is 0 Å². The van der Waals surface area contributed by atoms with E-state index in [-0.39, 0.29) is 30.2 Å². The van der Waals surface area contributed by atoms with Gasteiger partial charge in [-0.1, -0.05) is 30.3 Å². The number of thiazole rings is 1. The van der Waals surface area contributed by atoms with Crippen molar-refractivity contribution < 1.29 is 9.59 Å². The molecule has 1 aromatic carbocycles. The Morgan fingerprint density at radius 2 is 1.66 bits per heavy atom. The van der Waals surface area contributed by atoms with Crippen molar-refractivity contribution in [2.45, 2.75) is 50.4 Å². The van der Waals surface area contributed by atoms with E-state index < -0.39 is 0 Å². The molecule has 2 N–H and O–H groups in total. The SMILES string of the molecule is O=C(Cc1ccccc1)NCC(=O)Nc1nc(C23CC4CC(CC(C4)C2)C3)cs1. The van der Waals surface area contributed by atoms with E-state index in [1.807, 2.05) is 30.3 Å². The molecule has 5 nitrogen and oxygen atoms in total. The van der Waals surface area contributed by atoms with Gasteiger partial charge < -0.3 is 10.6 Å². The number of carbonyl (C=O) groups excluding carboxylic acids is 2. The van der Waals surface area contributed by atoms with Crippen molar-refractivity contribution >= 4 is 28.3 Å². The third-order valence-corrected chi connectivity index (χ3v) is 7.74. The first-order chi connectivity index (χ1) is 14.1. The molecule has 152 valence electrons. The molecule has 0 radical (unpaired) electrons. The van der Waals surface area contributed by atoms with Gasteiger partial charge in [0.05, 0.1) is 18.7 Å². The lowest BCUT2D eigenvalue weighted by atomic mass is 9.49. The van der Waals surface area contributed by atoms with Crippen molar-refractivity contribution in [1.82, 2.24) is 10.3 Å². The highest BCUT2D eigenvalue weighted by molar-refractivity contribution is 7.14. The monoisotopic (exact) mass is 409 g/mol. The zero-order chi connectivity index (χ0) is 19.8. The largest absolute Gasteiger partial charge is 0.347 e. The second-order valence-electron chi connectivity index (χ2n) is 9.22. The molecule has 1 aromatic heterocycles. The smallest absolute Gasteiger partial charge is 0.245 e. The Morgan fingerprint density at radius 3 is 2.31 bits per heavy atom. The first-order valence-corrected chi connectivity index (χ1v) is 11.5. The van der Waals surface area contributed by atoms with Gasteiger partial charge in [0.1, 0.15) is 0 Å². The molecule has 29 heavy (non-hydrogen) atoms. The summed E-state index contributed by atoms with van der Waals surface area (Å²) in [5.74, 6) is 2.25. The maximum absolute atomic E-state index is 12.3. The molecule has 4 aliphatic rings. The number of hydrogen-bond donors (Lipinski definition) is 2. The molecule has 0 spiro atoms. The van der Waals surface area contributed by atoms with Gasteiger partial charge in [-0.3, -0.25) is 9.59 Å². The summed E-state index contributed by atoms with van der Waals surface area (Å²) < 4.78 is 0. The lowest BCUT2D eigenvalue weighted by molar-refractivity contribution is -0.123. The third kappa shape index (κ3) is 3.95. The number of hydrogen-bond acceptors (Lipinski definition) is 4. The highest BCUT2D eigenvalue weighted by Gasteiger charge is 2.52. The average Bonchev–Trinajstić information content (AvgIpc) is 3.16. The summed E-state index contributed by atoms with van der Waals surface area (Å²) in [5, 5.41) is 8.36. The van der Waals surface area contributed by atoms with Crippen LogP contribution in [0.25, 0.3) is 0 Å². The molecule has 1 heterocycles. The number of rotatable bonds is 6. The van der Waals surface area contributed by atoms with E-state index in [2.05, 4.69) is 16.0 Å². The predicted molar refractivity (Wildman–Crippen MR) is 114 cm³/mol. The highest BCUT2D eigenvalue weighted by Crippen LogP contribution is 2.60. The Morgan fingerprint density at radius 1 is 1.00 bits per heavy atom. The molecular weight excluding hydrogens is 382 g/mol. The van der Waals surface area contributed by atoms with Gasteiger partial charge in [-0.05, 0) is 61.8 Å². The minimum Gasteiger partial charge on any atom is -0.347 e. The van der Waals surface area contributed by atoms with E-state index in [0.29, 0.717) is 5.13 Å². The van der Waals surface area contributed by atoms with Gasteiger partial charge in [0.15, 0.2) is 5.13 Å². The van der Waals surface area contributed by atoms with Crippen LogP contribution in [0.5, 0.6) is 0 Å².